The fraction of sp³-hybridized carbons (Fsp3) is 0.0943. The molecule has 4 nitrogen and oxygen atoms in total. The monoisotopic (exact) mass is 1480 g/mol. The van der Waals surface area contributed by atoms with Crippen LogP contribution < -0.4 is 0 Å². The Bertz CT molecular complexity index is 6600. The minimum atomic E-state index is 0.152. The van der Waals surface area contributed by atoms with Crippen molar-refractivity contribution in [3.63, 3.8) is 0 Å². The van der Waals surface area contributed by atoms with Gasteiger partial charge in [-0.3, -0.25) is 0 Å². The van der Waals surface area contributed by atoms with Crippen molar-refractivity contribution in [2.24, 2.45) is 0 Å². The van der Waals surface area contributed by atoms with Gasteiger partial charge in [-0.25, -0.2) is 0 Å². The summed E-state index contributed by atoms with van der Waals surface area (Å²) >= 11 is 3.74. The fourth-order valence-corrected chi connectivity index (χ4v) is 18.3. The number of fused-ring (bicyclic) bond motifs is 21. The van der Waals surface area contributed by atoms with Crippen molar-refractivity contribution >= 4 is 151 Å². The molecule has 6 aromatic heterocycles. The minimum absolute atomic E-state index is 0.152. The standard InChI is InChI=1S/2C19H15N.C16H16.2C13H10O.2C13H10S/c2*1-14-11-12-19-17(13-14)16-9-5-6-10-18(16)20(19)15-7-3-2-4-8-15;1-11-8-9-15-13(10-11)12-6-4-5-7-14(12)16(15,2)3;4*1-9-6-7-13-11(8-9)10-4-2-3-5-12(10)14-13/h2*2-13H,1H3;4-10H,1-3H3;4*2-8H,1H3. The number of aryl methyl sites for hydroxylation is 7. The van der Waals surface area contributed by atoms with Crippen LogP contribution in [0.25, 0.3) is 150 Å². The lowest BCUT2D eigenvalue weighted by molar-refractivity contribution is 0.660. The highest BCUT2D eigenvalue weighted by Crippen LogP contribution is 2.49. The highest BCUT2D eigenvalue weighted by Gasteiger charge is 2.35. The van der Waals surface area contributed by atoms with Gasteiger partial charge in [0.1, 0.15) is 22.3 Å². The molecule has 16 aromatic carbocycles. The molecule has 0 saturated heterocycles. The Morgan fingerprint density at radius 2 is 0.518 bits per heavy atom. The predicted octanol–water partition coefficient (Wildman–Crippen LogP) is 31.0. The molecule has 22 aromatic rings. The maximum absolute atomic E-state index is 5.71. The molecule has 0 fully saturated rings. The Morgan fingerprint density at radius 1 is 0.214 bits per heavy atom. The first-order chi connectivity index (χ1) is 54.7. The molecule has 544 valence electrons. The van der Waals surface area contributed by atoms with E-state index in [0.717, 1.165) is 22.3 Å². The third kappa shape index (κ3) is 14.2. The third-order valence-corrected chi connectivity index (χ3v) is 23.9. The molecule has 0 N–H and O–H groups in total. The molecule has 112 heavy (non-hydrogen) atoms. The first-order valence-corrected chi connectivity index (χ1v) is 40.1. The van der Waals surface area contributed by atoms with E-state index in [1.807, 2.05) is 71.2 Å². The largest absolute Gasteiger partial charge is 0.456 e. The number of rotatable bonds is 2. The van der Waals surface area contributed by atoms with Gasteiger partial charge >= 0.3 is 0 Å². The zero-order chi connectivity index (χ0) is 76.6. The molecule has 0 aliphatic heterocycles. The highest BCUT2D eigenvalue weighted by atomic mass is 32.1. The zero-order valence-corrected chi connectivity index (χ0v) is 66.2. The van der Waals surface area contributed by atoms with E-state index in [1.54, 1.807) is 0 Å². The smallest absolute Gasteiger partial charge is 0.135 e. The van der Waals surface area contributed by atoms with Gasteiger partial charge in [-0.05, 0) is 204 Å². The Hall–Kier alpha value is -12.8. The van der Waals surface area contributed by atoms with Crippen LogP contribution in [0.2, 0.25) is 0 Å². The summed E-state index contributed by atoms with van der Waals surface area (Å²) in [4.78, 5) is 0. The van der Waals surface area contributed by atoms with Gasteiger partial charge in [0.25, 0.3) is 0 Å². The lowest BCUT2D eigenvalue weighted by Crippen LogP contribution is -2.14. The Morgan fingerprint density at radius 3 is 0.982 bits per heavy atom. The molecule has 0 amide bonds. The molecule has 1 aliphatic rings. The van der Waals surface area contributed by atoms with Gasteiger partial charge in [0, 0.05) is 100 Å². The number of hydrogen-bond acceptors (Lipinski definition) is 4. The summed E-state index contributed by atoms with van der Waals surface area (Å²) in [6, 6.07) is 127. The van der Waals surface area contributed by atoms with E-state index in [0.29, 0.717) is 0 Å². The summed E-state index contributed by atoms with van der Waals surface area (Å²) < 4.78 is 21.6. The second-order valence-electron chi connectivity index (χ2n) is 30.0. The molecule has 0 unspecified atom stereocenters. The number of furan rings is 2. The summed E-state index contributed by atoms with van der Waals surface area (Å²) in [5.74, 6) is 0. The van der Waals surface area contributed by atoms with Crippen LogP contribution in [-0.4, -0.2) is 9.13 Å². The first kappa shape index (κ1) is 72.0. The van der Waals surface area contributed by atoms with Gasteiger partial charge in [-0.1, -0.05) is 277 Å². The van der Waals surface area contributed by atoms with Crippen LogP contribution in [0.5, 0.6) is 0 Å². The van der Waals surface area contributed by atoms with Crippen molar-refractivity contribution in [2.75, 3.05) is 0 Å². The van der Waals surface area contributed by atoms with Crippen molar-refractivity contribution in [3.8, 4) is 22.5 Å². The van der Waals surface area contributed by atoms with E-state index < -0.39 is 0 Å². The van der Waals surface area contributed by atoms with Crippen molar-refractivity contribution in [2.45, 2.75) is 67.7 Å². The summed E-state index contributed by atoms with van der Waals surface area (Å²) in [7, 11) is 0. The first-order valence-electron chi connectivity index (χ1n) is 38.5. The quantitative estimate of drug-likeness (QED) is 0.173. The molecule has 0 saturated carbocycles. The molecule has 0 spiro atoms. The highest BCUT2D eigenvalue weighted by molar-refractivity contribution is 7.26. The van der Waals surface area contributed by atoms with E-state index in [9.17, 15) is 0 Å². The molecular weight excluding hydrogens is 1400 g/mol. The molecule has 0 radical (unpaired) electrons. The number of thiophene rings is 2. The van der Waals surface area contributed by atoms with Crippen LogP contribution in [0.15, 0.2) is 367 Å². The van der Waals surface area contributed by atoms with Crippen LogP contribution in [0.1, 0.15) is 63.9 Å². The van der Waals surface area contributed by atoms with Crippen LogP contribution in [-0.2, 0) is 5.41 Å². The summed E-state index contributed by atoms with van der Waals surface area (Å²) in [6.45, 7) is 19.6. The number of benzene rings is 16. The van der Waals surface area contributed by atoms with Crippen LogP contribution in [0, 0.1) is 48.5 Å². The van der Waals surface area contributed by atoms with Gasteiger partial charge in [0.2, 0.25) is 0 Å². The minimum Gasteiger partial charge on any atom is -0.456 e. The van der Waals surface area contributed by atoms with E-state index >= 15 is 0 Å². The zero-order valence-electron chi connectivity index (χ0n) is 64.6. The Labute approximate surface area is 662 Å². The van der Waals surface area contributed by atoms with Gasteiger partial charge in [0.15, 0.2) is 0 Å². The second-order valence-corrected chi connectivity index (χ2v) is 32.2. The fourth-order valence-electron chi connectivity index (χ4n) is 16.1. The third-order valence-electron chi connectivity index (χ3n) is 21.6. The molecule has 6 heteroatoms. The van der Waals surface area contributed by atoms with Gasteiger partial charge < -0.3 is 18.0 Å². The predicted molar refractivity (Wildman–Crippen MR) is 485 cm³/mol. The van der Waals surface area contributed by atoms with Crippen molar-refractivity contribution in [1.29, 1.82) is 0 Å². The SMILES string of the molecule is Cc1ccc2c(c1)-c1ccccc1C2(C)C.Cc1ccc2c(c1)c1ccccc1n2-c1ccccc1.Cc1ccc2c(c1)c1ccccc1n2-c1ccccc1.Cc1ccc2oc3ccccc3c2c1.Cc1ccc2oc3ccccc3c2c1.Cc1ccc2sc3ccccc3c2c1.Cc1ccc2sc3ccccc3c2c1. The molecule has 0 atom stereocenters. The average Bonchev–Trinajstić information content (AvgIpc) is 1.59. The normalized spacial score (nSPS) is 11.9. The topological polar surface area (TPSA) is 36.1 Å². The van der Waals surface area contributed by atoms with Crippen molar-refractivity contribution < 1.29 is 8.83 Å². The van der Waals surface area contributed by atoms with Gasteiger partial charge in [-0.15, -0.1) is 22.7 Å². The van der Waals surface area contributed by atoms with Crippen LogP contribution in [0.4, 0.5) is 0 Å². The van der Waals surface area contributed by atoms with E-state index in [-0.39, 0.29) is 5.41 Å². The van der Waals surface area contributed by atoms with E-state index in [1.165, 1.54) is 178 Å². The lowest BCUT2D eigenvalue weighted by atomic mass is 9.82. The van der Waals surface area contributed by atoms with Crippen LogP contribution >= 0.6 is 22.7 Å². The number of hydrogen-bond donors (Lipinski definition) is 0. The maximum Gasteiger partial charge on any atom is 0.135 e. The number of para-hydroxylation sites is 6. The van der Waals surface area contributed by atoms with Gasteiger partial charge in [-0.2, -0.15) is 0 Å². The van der Waals surface area contributed by atoms with Gasteiger partial charge in [0.05, 0.1) is 22.1 Å². The van der Waals surface area contributed by atoms with Crippen molar-refractivity contribution in [1.82, 2.24) is 9.13 Å². The molecule has 1 aliphatic carbocycles. The molecular formula is C106H86N2O2S2. The molecule has 23 rings (SSSR count). The summed E-state index contributed by atoms with van der Waals surface area (Å²) in [5.41, 5.74) is 26.4. The Kier molecular flexibility index (Phi) is 19.9. The second kappa shape index (κ2) is 30.9. The number of aromatic nitrogens is 2. The van der Waals surface area contributed by atoms with E-state index in [2.05, 4.69) is 381 Å². The van der Waals surface area contributed by atoms with Crippen LogP contribution in [0.3, 0.4) is 0 Å². The number of nitrogens with zero attached hydrogens (tertiary/aromatic N) is 2. The molecule has 0 bridgehead atoms. The summed E-state index contributed by atoms with van der Waals surface area (Å²) in [6.07, 6.45) is 0. The Balaban J connectivity index is 0.0000000953. The average molecular weight is 1480 g/mol. The lowest BCUT2D eigenvalue weighted by Gasteiger charge is -2.21. The van der Waals surface area contributed by atoms with Crippen molar-refractivity contribution in [3.05, 3.63) is 408 Å². The maximum atomic E-state index is 5.71. The molecule has 6 heterocycles. The van der Waals surface area contributed by atoms with E-state index in [4.69, 9.17) is 8.83 Å². The summed E-state index contributed by atoms with van der Waals surface area (Å²) in [5, 5.41) is 15.7.